The van der Waals surface area contributed by atoms with Crippen LogP contribution >= 0.6 is 0 Å². The van der Waals surface area contributed by atoms with Crippen molar-refractivity contribution in [2.75, 3.05) is 0 Å². The van der Waals surface area contributed by atoms with Crippen LogP contribution in [0.15, 0.2) is 58.7 Å². The zero-order valence-electron chi connectivity index (χ0n) is 12.0. The molecule has 0 amide bonds. The fourth-order valence-electron chi connectivity index (χ4n) is 1.47. The summed E-state index contributed by atoms with van der Waals surface area (Å²) < 4.78 is 43.3. The molecule has 0 heterocycles. The molecule has 0 spiro atoms. The molecule has 0 atom stereocenters. The van der Waals surface area contributed by atoms with Gasteiger partial charge in [-0.1, -0.05) is 24.3 Å². The molecule has 0 aromatic heterocycles. The summed E-state index contributed by atoms with van der Waals surface area (Å²) >= 11 is 0. The second-order valence-electron chi connectivity index (χ2n) is 4.10. The van der Waals surface area contributed by atoms with Crippen molar-refractivity contribution in [1.82, 2.24) is 5.32 Å². The number of para-hydroxylation sites is 1. The van der Waals surface area contributed by atoms with E-state index in [0.29, 0.717) is 5.75 Å². The minimum absolute atomic E-state index is 0.0408. The van der Waals surface area contributed by atoms with Gasteiger partial charge in [0.2, 0.25) is 0 Å². The second kappa shape index (κ2) is 7.88. The minimum atomic E-state index is -4.46. The number of nitriles is 1. The molecule has 116 valence electrons. The first-order valence-electron chi connectivity index (χ1n) is 6.25. The number of ether oxygens (including phenoxy) is 1. The van der Waals surface area contributed by atoms with Gasteiger partial charge in [-0.25, -0.2) is 10.3 Å². The maximum Gasteiger partial charge on any atom is 0.416 e. The van der Waals surface area contributed by atoms with Gasteiger partial charge in [-0.3, -0.25) is 0 Å². The average Bonchev–Trinajstić information content (AvgIpc) is 2.45. The number of benzene rings is 1. The summed E-state index contributed by atoms with van der Waals surface area (Å²) in [6.07, 6.45) is -1.04. The Bertz CT molecular complexity index is 626. The third-order valence-corrected chi connectivity index (χ3v) is 2.40. The van der Waals surface area contributed by atoms with Crippen LogP contribution in [-0.4, -0.2) is 12.2 Å². The number of hydrogen-bond acceptors (Lipinski definition) is 3. The Balaban J connectivity index is 3.00. The average molecular weight is 309 g/mol. The number of alkyl halides is 3. The molecule has 0 aliphatic heterocycles. The Hall–Kier alpha value is -2.75. The maximum absolute atomic E-state index is 12.7. The molecule has 0 saturated carbocycles. The van der Waals surface area contributed by atoms with E-state index in [1.54, 1.807) is 36.5 Å². The summed E-state index contributed by atoms with van der Waals surface area (Å²) in [6.45, 7) is 2.66. The molecule has 0 saturated heterocycles. The molecule has 1 aromatic rings. The van der Waals surface area contributed by atoms with E-state index in [1.807, 2.05) is 0 Å². The highest BCUT2D eigenvalue weighted by molar-refractivity contribution is 5.78. The quantitative estimate of drug-likeness (QED) is 0.303. The molecule has 1 rings (SSSR count). The van der Waals surface area contributed by atoms with Crippen molar-refractivity contribution >= 4 is 6.02 Å². The summed E-state index contributed by atoms with van der Waals surface area (Å²) in [5, 5.41) is 10.8. The molecule has 7 heteroatoms. The van der Waals surface area contributed by atoms with Crippen LogP contribution in [0.25, 0.3) is 0 Å². The first kappa shape index (κ1) is 17.3. The van der Waals surface area contributed by atoms with Crippen LogP contribution in [0.4, 0.5) is 13.2 Å². The van der Waals surface area contributed by atoms with Crippen molar-refractivity contribution < 1.29 is 17.9 Å². The lowest BCUT2D eigenvalue weighted by molar-refractivity contribution is -0.0883. The van der Waals surface area contributed by atoms with E-state index in [4.69, 9.17) is 10.00 Å². The molecule has 1 aromatic carbocycles. The molecule has 0 bridgehead atoms. The molecular formula is C15H14F3N3O. The first-order chi connectivity index (χ1) is 10.4. The van der Waals surface area contributed by atoms with Crippen LogP contribution in [0.2, 0.25) is 0 Å². The Morgan fingerprint density at radius 2 is 1.95 bits per heavy atom. The highest BCUT2D eigenvalue weighted by atomic mass is 19.4. The third-order valence-electron chi connectivity index (χ3n) is 2.40. The van der Waals surface area contributed by atoms with Gasteiger partial charge in [0.05, 0.1) is 5.57 Å². The minimum Gasteiger partial charge on any atom is -0.425 e. The smallest absolute Gasteiger partial charge is 0.416 e. The number of allylic oxidation sites excluding steroid dienone is 4. The Kier molecular flexibility index (Phi) is 6.20. The van der Waals surface area contributed by atoms with Crippen LogP contribution < -0.4 is 10.1 Å². The summed E-state index contributed by atoms with van der Waals surface area (Å²) in [7, 11) is 0. The van der Waals surface area contributed by atoms with Gasteiger partial charge < -0.3 is 4.74 Å². The van der Waals surface area contributed by atoms with Crippen molar-refractivity contribution in [2.45, 2.75) is 20.0 Å². The van der Waals surface area contributed by atoms with Crippen molar-refractivity contribution in [3.8, 4) is 11.9 Å². The normalized spacial score (nSPS) is 13.5. The molecule has 0 unspecified atom stereocenters. The Morgan fingerprint density at radius 1 is 1.32 bits per heavy atom. The summed E-state index contributed by atoms with van der Waals surface area (Å²) in [4.78, 5) is 3.84. The SMILES string of the molecule is C/C=C(\C=C(/C)N=C(NC#N)Oc1ccccc1)C(F)(F)F. The summed E-state index contributed by atoms with van der Waals surface area (Å²) in [6, 6.07) is 8.24. The van der Waals surface area contributed by atoms with Gasteiger partial charge in [-0.15, -0.1) is 0 Å². The van der Waals surface area contributed by atoms with Crippen LogP contribution in [0.1, 0.15) is 13.8 Å². The van der Waals surface area contributed by atoms with Gasteiger partial charge in [0.1, 0.15) is 5.75 Å². The lowest BCUT2D eigenvalue weighted by Gasteiger charge is -2.09. The van der Waals surface area contributed by atoms with Gasteiger partial charge >= 0.3 is 12.2 Å². The number of nitrogens with one attached hydrogen (secondary N) is 1. The molecule has 0 fully saturated rings. The van der Waals surface area contributed by atoms with E-state index in [2.05, 4.69) is 10.3 Å². The van der Waals surface area contributed by atoms with E-state index in [0.717, 1.165) is 12.2 Å². The van der Waals surface area contributed by atoms with E-state index in [1.165, 1.54) is 13.8 Å². The van der Waals surface area contributed by atoms with Crippen molar-refractivity contribution in [3.63, 3.8) is 0 Å². The first-order valence-corrected chi connectivity index (χ1v) is 6.25. The lowest BCUT2D eigenvalue weighted by atomic mass is 10.2. The summed E-state index contributed by atoms with van der Waals surface area (Å²) in [5.74, 6) is 0.402. The second-order valence-corrected chi connectivity index (χ2v) is 4.10. The van der Waals surface area contributed by atoms with E-state index in [9.17, 15) is 13.2 Å². The predicted octanol–water partition coefficient (Wildman–Crippen LogP) is 3.90. The highest BCUT2D eigenvalue weighted by Gasteiger charge is 2.31. The number of amidine groups is 1. The molecule has 1 N–H and O–H groups in total. The fourth-order valence-corrected chi connectivity index (χ4v) is 1.47. The van der Waals surface area contributed by atoms with E-state index in [-0.39, 0.29) is 11.7 Å². The molecule has 0 radical (unpaired) electrons. The fraction of sp³-hybridized carbons (Fsp3) is 0.200. The zero-order valence-corrected chi connectivity index (χ0v) is 12.0. The van der Waals surface area contributed by atoms with Gasteiger partial charge in [-0.2, -0.15) is 18.4 Å². The van der Waals surface area contributed by atoms with Crippen molar-refractivity contribution in [1.29, 1.82) is 5.26 Å². The van der Waals surface area contributed by atoms with Gasteiger partial charge in [0, 0.05) is 5.70 Å². The van der Waals surface area contributed by atoms with Crippen LogP contribution in [0, 0.1) is 11.5 Å². The third kappa shape index (κ3) is 5.71. The number of nitrogens with zero attached hydrogens (tertiary/aromatic N) is 2. The Morgan fingerprint density at radius 3 is 2.45 bits per heavy atom. The number of hydrogen-bond donors (Lipinski definition) is 1. The zero-order chi connectivity index (χ0) is 16.6. The van der Waals surface area contributed by atoms with Gasteiger partial charge in [0.15, 0.2) is 6.19 Å². The van der Waals surface area contributed by atoms with Gasteiger partial charge in [-0.05, 0) is 32.1 Å². The molecule has 4 nitrogen and oxygen atoms in total. The van der Waals surface area contributed by atoms with Crippen LogP contribution in [0.3, 0.4) is 0 Å². The molecule has 0 aliphatic carbocycles. The highest BCUT2D eigenvalue weighted by Crippen LogP contribution is 2.27. The van der Waals surface area contributed by atoms with Crippen molar-refractivity contribution in [2.24, 2.45) is 4.99 Å². The number of halogens is 3. The predicted molar refractivity (Wildman–Crippen MR) is 76.8 cm³/mol. The van der Waals surface area contributed by atoms with E-state index < -0.39 is 11.7 Å². The largest absolute Gasteiger partial charge is 0.425 e. The standard InChI is InChI=1S/C15H14F3N3O/c1-3-12(15(16,17)18)9-11(2)21-14(20-10-19)22-13-7-5-4-6-8-13/h3-9H,1-2H3,(H,20,21)/b11-9+,12-3+. The molecular weight excluding hydrogens is 295 g/mol. The number of aliphatic imine (C=N–C) groups is 1. The molecule has 0 aliphatic rings. The lowest BCUT2D eigenvalue weighted by Crippen LogP contribution is -2.24. The maximum atomic E-state index is 12.7. The monoisotopic (exact) mass is 309 g/mol. The van der Waals surface area contributed by atoms with E-state index >= 15 is 0 Å². The number of rotatable bonds is 3. The van der Waals surface area contributed by atoms with Crippen LogP contribution in [0.5, 0.6) is 5.75 Å². The molecule has 22 heavy (non-hydrogen) atoms. The Labute approximate surface area is 126 Å². The van der Waals surface area contributed by atoms with Crippen molar-refractivity contribution in [3.05, 3.63) is 53.8 Å². The summed E-state index contributed by atoms with van der Waals surface area (Å²) in [5.41, 5.74) is -0.788. The van der Waals surface area contributed by atoms with Crippen LogP contribution in [-0.2, 0) is 0 Å². The van der Waals surface area contributed by atoms with Gasteiger partial charge in [0.25, 0.3) is 0 Å². The topological polar surface area (TPSA) is 57.4 Å².